The van der Waals surface area contributed by atoms with Crippen LogP contribution in [0.2, 0.25) is 0 Å². The lowest BCUT2D eigenvalue weighted by Gasteiger charge is -2.10. The van der Waals surface area contributed by atoms with E-state index in [2.05, 4.69) is 5.32 Å². The topological polar surface area (TPSA) is 113 Å². The highest BCUT2D eigenvalue weighted by Crippen LogP contribution is 1.89. The minimum atomic E-state index is -1.25. The van der Waals surface area contributed by atoms with E-state index >= 15 is 0 Å². The number of aliphatic hydroxyl groups is 1. The molecular formula is C7H14N2O4. The van der Waals surface area contributed by atoms with E-state index in [1.807, 2.05) is 0 Å². The molecule has 0 bridgehead atoms. The summed E-state index contributed by atoms with van der Waals surface area (Å²) >= 11 is 0. The molecule has 0 aromatic heterocycles. The van der Waals surface area contributed by atoms with E-state index < -0.39 is 24.5 Å². The van der Waals surface area contributed by atoms with Crippen LogP contribution in [0.1, 0.15) is 12.8 Å². The van der Waals surface area contributed by atoms with Crippen molar-refractivity contribution in [2.24, 2.45) is 5.73 Å². The number of rotatable bonds is 6. The molecule has 13 heavy (non-hydrogen) atoms. The molecule has 5 N–H and O–H groups in total. The molecule has 6 heteroatoms. The average Bonchev–Trinajstić information content (AvgIpc) is 2.10. The van der Waals surface area contributed by atoms with E-state index in [0.29, 0.717) is 13.0 Å². The molecular weight excluding hydrogens is 176 g/mol. The molecule has 0 rings (SSSR count). The van der Waals surface area contributed by atoms with Crippen LogP contribution >= 0.6 is 0 Å². The second kappa shape index (κ2) is 6.38. The number of carboxylic acid groups (broad SMARTS) is 1. The summed E-state index contributed by atoms with van der Waals surface area (Å²) in [6.07, 6.45) is 0.684. The van der Waals surface area contributed by atoms with Gasteiger partial charge in [0, 0.05) is 6.42 Å². The lowest BCUT2D eigenvalue weighted by atomic mass is 10.2. The van der Waals surface area contributed by atoms with E-state index in [-0.39, 0.29) is 6.42 Å². The van der Waals surface area contributed by atoms with Crippen LogP contribution in [-0.4, -0.2) is 41.3 Å². The molecule has 0 saturated carbocycles. The SMILES string of the molecule is NCCCC(=O)N[C@H](CO)C(=O)O. The Kier molecular flexibility index (Phi) is 5.82. The maximum absolute atomic E-state index is 10.9. The Morgan fingerprint density at radius 3 is 2.46 bits per heavy atom. The van der Waals surface area contributed by atoms with Gasteiger partial charge >= 0.3 is 5.97 Å². The number of carboxylic acids is 1. The van der Waals surface area contributed by atoms with Gasteiger partial charge in [0.05, 0.1) is 6.61 Å². The molecule has 0 aliphatic carbocycles. The van der Waals surface area contributed by atoms with Crippen molar-refractivity contribution in [2.45, 2.75) is 18.9 Å². The molecule has 76 valence electrons. The predicted molar refractivity (Wildman–Crippen MR) is 44.9 cm³/mol. The zero-order valence-electron chi connectivity index (χ0n) is 7.19. The zero-order chi connectivity index (χ0) is 10.3. The monoisotopic (exact) mass is 190 g/mol. The van der Waals surface area contributed by atoms with Gasteiger partial charge in [0.15, 0.2) is 0 Å². The number of nitrogens with two attached hydrogens (primary N) is 1. The summed E-state index contributed by atoms with van der Waals surface area (Å²) < 4.78 is 0. The first-order chi connectivity index (χ1) is 6.11. The van der Waals surface area contributed by atoms with Crippen LogP contribution in [0.15, 0.2) is 0 Å². The third kappa shape index (κ3) is 5.15. The van der Waals surface area contributed by atoms with Crippen molar-refractivity contribution in [3.05, 3.63) is 0 Å². The summed E-state index contributed by atoms with van der Waals surface area (Å²) in [5.41, 5.74) is 5.15. The fraction of sp³-hybridized carbons (Fsp3) is 0.714. The number of aliphatic hydroxyl groups excluding tert-OH is 1. The van der Waals surface area contributed by atoms with Crippen LogP contribution < -0.4 is 11.1 Å². The van der Waals surface area contributed by atoms with E-state index in [4.69, 9.17) is 15.9 Å². The van der Waals surface area contributed by atoms with Crippen molar-refractivity contribution < 1.29 is 19.8 Å². The lowest BCUT2D eigenvalue weighted by molar-refractivity contribution is -0.142. The standard InChI is InChI=1S/C7H14N2O4/c8-3-1-2-6(11)9-5(4-10)7(12)13/h5,10H,1-4,8H2,(H,9,11)(H,12,13)/t5-/m1/s1. The summed E-state index contributed by atoms with van der Waals surface area (Å²) in [4.78, 5) is 21.3. The second-order valence-electron chi connectivity index (χ2n) is 2.53. The Balaban J connectivity index is 3.80. The highest BCUT2D eigenvalue weighted by molar-refractivity contribution is 5.83. The molecule has 1 atom stereocenters. The van der Waals surface area contributed by atoms with E-state index in [9.17, 15) is 9.59 Å². The van der Waals surface area contributed by atoms with Crippen LogP contribution in [0.5, 0.6) is 0 Å². The maximum Gasteiger partial charge on any atom is 0.328 e. The van der Waals surface area contributed by atoms with Gasteiger partial charge in [-0.25, -0.2) is 4.79 Å². The molecule has 1 amide bonds. The molecule has 0 aliphatic rings. The molecule has 0 radical (unpaired) electrons. The molecule has 0 aromatic carbocycles. The maximum atomic E-state index is 10.9. The number of amides is 1. The Labute approximate surface area is 75.7 Å². The third-order valence-electron chi connectivity index (χ3n) is 1.42. The van der Waals surface area contributed by atoms with Gasteiger partial charge in [-0.2, -0.15) is 0 Å². The van der Waals surface area contributed by atoms with Crippen molar-refractivity contribution in [1.82, 2.24) is 5.32 Å². The second-order valence-corrected chi connectivity index (χ2v) is 2.53. The van der Waals surface area contributed by atoms with Crippen LogP contribution in [0.4, 0.5) is 0 Å². The van der Waals surface area contributed by atoms with Crippen LogP contribution in [0.3, 0.4) is 0 Å². The first-order valence-electron chi connectivity index (χ1n) is 3.95. The summed E-state index contributed by atoms with van der Waals surface area (Å²) in [5.74, 6) is -1.66. The molecule has 0 spiro atoms. The van der Waals surface area contributed by atoms with Crippen molar-refractivity contribution >= 4 is 11.9 Å². The lowest BCUT2D eigenvalue weighted by Crippen LogP contribution is -2.43. The van der Waals surface area contributed by atoms with Gasteiger partial charge in [-0.05, 0) is 13.0 Å². The van der Waals surface area contributed by atoms with E-state index in [1.165, 1.54) is 0 Å². The van der Waals surface area contributed by atoms with Gasteiger partial charge in [0.25, 0.3) is 0 Å². The number of hydrogen-bond donors (Lipinski definition) is 4. The van der Waals surface area contributed by atoms with Gasteiger partial charge in [0.2, 0.25) is 5.91 Å². The zero-order valence-corrected chi connectivity index (χ0v) is 7.19. The Morgan fingerprint density at radius 2 is 2.08 bits per heavy atom. The first-order valence-corrected chi connectivity index (χ1v) is 3.95. The third-order valence-corrected chi connectivity index (χ3v) is 1.42. The molecule has 0 aromatic rings. The number of carbonyl (C=O) groups is 2. The fourth-order valence-corrected chi connectivity index (χ4v) is 0.715. The van der Waals surface area contributed by atoms with Crippen molar-refractivity contribution in [1.29, 1.82) is 0 Å². The molecule has 0 unspecified atom stereocenters. The van der Waals surface area contributed by atoms with Crippen LogP contribution in [0.25, 0.3) is 0 Å². The number of hydrogen-bond acceptors (Lipinski definition) is 4. The van der Waals surface area contributed by atoms with Gasteiger partial charge < -0.3 is 21.3 Å². The number of nitrogens with one attached hydrogen (secondary N) is 1. The molecule has 0 fully saturated rings. The summed E-state index contributed by atoms with van der Waals surface area (Å²) in [5, 5.41) is 19.2. The summed E-state index contributed by atoms with van der Waals surface area (Å²) in [6, 6.07) is -1.22. The number of carbonyl (C=O) groups excluding carboxylic acids is 1. The van der Waals surface area contributed by atoms with Gasteiger partial charge in [-0.15, -0.1) is 0 Å². The molecule has 0 saturated heterocycles. The van der Waals surface area contributed by atoms with Gasteiger partial charge in [-0.1, -0.05) is 0 Å². The van der Waals surface area contributed by atoms with E-state index in [1.54, 1.807) is 0 Å². The van der Waals surface area contributed by atoms with Crippen molar-refractivity contribution in [2.75, 3.05) is 13.2 Å². The Hall–Kier alpha value is -1.14. The molecule has 6 nitrogen and oxygen atoms in total. The fourth-order valence-electron chi connectivity index (χ4n) is 0.715. The predicted octanol–water partition coefficient (Wildman–Crippen LogP) is -1.71. The quantitative estimate of drug-likeness (QED) is 0.398. The Bertz CT molecular complexity index is 183. The summed E-state index contributed by atoms with van der Waals surface area (Å²) in [7, 11) is 0. The first kappa shape index (κ1) is 11.9. The Morgan fingerprint density at radius 1 is 1.46 bits per heavy atom. The number of aliphatic carboxylic acids is 1. The van der Waals surface area contributed by atoms with Crippen LogP contribution in [0, 0.1) is 0 Å². The van der Waals surface area contributed by atoms with E-state index in [0.717, 1.165) is 0 Å². The minimum absolute atomic E-state index is 0.181. The van der Waals surface area contributed by atoms with Gasteiger partial charge in [0.1, 0.15) is 6.04 Å². The summed E-state index contributed by atoms with van der Waals surface area (Å²) in [6.45, 7) is -0.228. The smallest absolute Gasteiger partial charge is 0.328 e. The van der Waals surface area contributed by atoms with Crippen LogP contribution in [-0.2, 0) is 9.59 Å². The van der Waals surface area contributed by atoms with Crippen molar-refractivity contribution in [3.8, 4) is 0 Å². The minimum Gasteiger partial charge on any atom is -0.480 e. The highest BCUT2D eigenvalue weighted by atomic mass is 16.4. The highest BCUT2D eigenvalue weighted by Gasteiger charge is 2.17. The largest absolute Gasteiger partial charge is 0.480 e. The van der Waals surface area contributed by atoms with Crippen molar-refractivity contribution in [3.63, 3.8) is 0 Å². The molecule has 0 aliphatic heterocycles. The average molecular weight is 190 g/mol. The molecule has 0 heterocycles. The normalized spacial score (nSPS) is 12.2. The van der Waals surface area contributed by atoms with Gasteiger partial charge in [-0.3, -0.25) is 4.79 Å².